The standard InChI is InChI=1S/C20H25N3O4/c1-13-14(2)21-22(3)17(13)18(25)23-10-9-20(19(26)27,16(24)12-23)11-15-7-5-4-6-8-15/h4-8,16,24H,9-12H2,1-3H3,(H,26,27)/t16-,20-/m1/s1. The van der Waals surface area contributed by atoms with Crippen molar-refractivity contribution in [1.82, 2.24) is 14.7 Å². The number of aryl methyl sites for hydroxylation is 2. The van der Waals surface area contributed by atoms with Crippen molar-refractivity contribution in [3.8, 4) is 0 Å². The van der Waals surface area contributed by atoms with Crippen LogP contribution >= 0.6 is 0 Å². The van der Waals surface area contributed by atoms with E-state index < -0.39 is 17.5 Å². The molecular weight excluding hydrogens is 346 g/mol. The van der Waals surface area contributed by atoms with Gasteiger partial charge in [-0.2, -0.15) is 5.10 Å². The molecule has 0 unspecified atom stereocenters. The number of rotatable bonds is 4. The number of carbonyl (C=O) groups is 2. The van der Waals surface area contributed by atoms with E-state index in [1.54, 1.807) is 11.7 Å². The topological polar surface area (TPSA) is 95.7 Å². The first-order chi connectivity index (χ1) is 12.8. The van der Waals surface area contributed by atoms with Crippen LogP contribution in [-0.4, -0.2) is 56.0 Å². The van der Waals surface area contributed by atoms with Crippen molar-refractivity contribution in [2.75, 3.05) is 13.1 Å². The summed E-state index contributed by atoms with van der Waals surface area (Å²) in [4.78, 5) is 26.5. The van der Waals surface area contributed by atoms with E-state index >= 15 is 0 Å². The number of aliphatic carboxylic acids is 1. The highest BCUT2D eigenvalue weighted by Crippen LogP contribution is 2.36. The highest BCUT2D eigenvalue weighted by Gasteiger charge is 2.49. The van der Waals surface area contributed by atoms with Crippen LogP contribution in [0.3, 0.4) is 0 Å². The summed E-state index contributed by atoms with van der Waals surface area (Å²) in [6, 6.07) is 9.28. The van der Waals surface area contributed by atoms with E-state index in [0.29, 0.717) is 5.69 Å². The molecule has 144 valence electrons. The fourth-order valence-corrected chi connectivity index (χ4v) is 3.86. The molecule has 1 aliphatic heterocycles. The van der Waals surface area contributed by atoms with Crippen molar-refractivity contribution >= 4 is 11.9 Å². The molecule has 0 spiro atoms. The summed E-state index contributed by atoms with van der Waals surface area (Å²) in [5, 5.41) is 24.9. The van der Waals surface area contributed by atoms with Crippen LogP contribution in [0.25, 0.3) is 0 Å². The van der Waals surface area contributed by atoms with Crippen LogP contribution in [0.4, 0.5) is 0 Å². The average molecular weight is 371 g/mol. The van der Waals surface area contributed by atoms with Crippen LogP contribution in [-0.2, 0) is 18.3 Å². The Labute approximate surface area is 158 Å². The van der Waals surface area contributed by atoms with Gasteiger partial charge >= 0.3 is 5.97 Å². The molecule has 2 N–H and O–H groups in total. The number of nitrogens with zero attached hydrogens (tertiary/aromatic N) is 3. The Bertz CT molecular complexity index is 862. The van der Waals surface area contributed by atoms with Gasteiger partial charge in [-0.1, -0.05) is 30.3 Å². The third-order valence-electron chi connectivity index (χ3n) is 5.66. The zero-order chi connectivity index (χ0) is 19.8. The maximum absolute atomic E-state index is 12.9. The summed E-state index contributed by atoms with van der Waals surface area (Å²) in [7, 11) is 1.71. The largest absolute Gasteiger partial charge is 0.481 e. The minimum absolute atomic E-state index is 0.0123. The predicted octanol–water partition coefficient (Wildman–Crippen LogP) is 1.56. The lowest BCUT2D eigenvalue weighted by Crippen LogP contribution is -2.57. The number of β-amino-alcohol motifs (C(OH)–C–C–N with tert-alkyl or cyclic N) is 1. The number of benzene rings is 1. The molecule has 0 aliphatic carbocycles. The van der Waals surface area contributed by atoms with Crippen LogP contribution in [0.15, 0.2) is 30.3 Å². The lowest BCUT2D eigenvalue weighted by Gasteiger charge is -2.42. The minimum Gasteiger partial charge on any atom is -0.481 e. The zero-order valence-corrected chi connectivity index (χ0v) is 15.8. The molecule has 7 heteroatoms. The molecule has 27 heavy (non-hydrogen) atoms. The molecule has 0 radical (unpaired) electrons. The van der Waals surface area contributed by atoms with Gasteiger partial charge in [-0.25, -0.2) is 0 Å². The Balaban J connectivity index is 1.83. The van der Waals surface area contributed by atoms with Gasteiger partial charge < -0.3 is 15.1 Å². The van der Waals surface area contributed by atoms with Crippen LogP contribution in [0, 0.1) is 19.3 Å². The van der Waals surface area contributed by atoms with Crippen molar-refractivity contribution in [1.29, 1.82) is 0 Å². The first-order valence-electron chi connectivity index (χ1n) is 9.01. The molecule has 1 saturated heterocycles. The van der Waals surface area contributed by atoms with Gasteiger partial charge in [-0.05, 0) is 32.3 Å². The number of piperidine rings is 1. The van der Waals surface area contributed by atoms with Gasteiger partial charge in [0.05, 0.1) is 11.8 Å². The van der Waals surface area contributed by atoms with Gasteiger partial charge in [0.2, 0.25) is 0 Å². The fraction of sp³-hybridized carbons (Fsp3) is 0.450. The Hall–Kier alpha value is -2.67. The molecule has 1 fully saturated rings. The molecule has 0 bridgehead atoms. The molecule has 7 nitrogen and oxygen atoms in total. The van der Waals surface area contributed by atoms with Crippen molar-refractivity contribution < 1.29 is 19.8 Å². The number of hydrogen-bond acceptors (Lipinski definition) is 4. The maximum Gasteiger partial charge on any atom is 0.312 e. The average Bonchev–Trinajstić information content (AvgIpc) is 2.89. The maximum atomic E-state index is 12.9. The summed E-state index contributed by atoms with van der Waals surface area (Å²) < 4.78 is 1.54. The molecular formula is C20H25N3O4. The summed E-state index contributed by atoms with van der Waals surface area (Å²) in [6.07, 6.45) is -0.724. The van der Waals surface area contributed by atoms with Crippen LogP contribution in [0.5, 0.6) is 0 Å². The first-order valence-corrected chi connectivity index (χ1v) is 9.01. The van der Waals surface area contributed by atoms with E-state index in [4.69, 9.17) is 0 Å². The van der Waals surface area contributed by atoms with Gasteiger partial charge in [0.1, 0.15) is 11.1 Å². The number of carboxylic acids is 1. The summed E-state index contributed by atoms with van der Waals surface area (Å²) in [6.45, 7) is 3.94. The highest BCUT2D eigenvalue weighted by molar-refractivity contribution is 5.94. The highest BCUT2D eigenvalue weighted by atomic mass is 16.4. The lowest BCUT2D eigenvalue weighted by atomic mass is 9.71. The Morgan fingerprint density at radius 1 is 1.26 bits per heavy atom. The van der Waals surface area contributed by atoms with Gasteiger partial charge in [0, 0.05) is 25.7 Å². The van der Waals surface area contributed by atoms with Crippen molar-refractivity contribution in [2.24, 2.45) is 12.5 Å². The molecule has 1 aliphatic rings. The normalized spacial score (nSPS) is 22.7. The summed E-state index contributed by atoms with van der Waals surface area (Å²) >= 11 is 0. The van der Waals surface area contributed by atoms with Gasteiger partial charge in [0.25, 0.3) is 5.91 Å². The molecule has 2 atom stereocenters. The monoisotopic (exact) mass is 371 g/mol. The fourth-order valence-electron chi connectivity index (χ4n) is 3.86. The summed E-state index contributed by atoms with van der Waals surface area (Å²) in [5.74, 6) is -1.26. The lowest BCUT2D eigenvalue weighted by molar-refractivity contribution is -0.161. The van der Waals surface area contributed by atoms with Gasteiger partial charge in [0.15, 0.2) is 0 Å². The second-order valence-corrected chi connectivity index (χ2v) is 7.32. The third kappa shape index (κ3) is 3.35. The van der Waals surface area contributed by atoms with Crippen LogP contribution < -0.4 is 0 Å². The molecule has 1 aromatic heterocycles. The van der Waals surface area contributed by atoms with Crippen LogP contribution in [0.2, 0.25) is 0 Å². The van der Waals surface area contributed by atoms with E-state index in [1.165, 1.54) is 4.90 Å². The molecule has 1 aromatic carbocycles. The zero-order valence-electron chi connectivity index (χ0n) is 15.8. The van der Waals surface area contributed by atoms with Crippen molar-refractivity contribution in [3.63, 3.8) is 0 Å². The predicted molar refractivity (Wildman–Crippen MR) is 99.4 cm³/mol. The molecule has 2 heterocycles. The number of carbonyl (C=O) groups excluding carboxylic acids is 1. The number of aromatic nitrogens is 2. The van der Waals surface area contributed by atoms with Crippen molar-refractivity contribution in [3.05, 3.63) is 52.8 Å². The quantitative estimate of drug-likeness (QED) is 0.850. The smallest absolute Gasteiger partial charge is 0.312 e. The number of amides is 1. The number of aliphatic hydroxyl groups excluding tert-OH is 1. The van der Waals surface area contributed by atoms with E-state index in [0.717, 1.165) is 16.8 Å². The Morgan fingerprint density at radius 2 is 1.93 bits per heavy atom. The van der Waals surface area contributed by atoms with E-state index in [1.807, 2.05) is 44.2 Å². The third-order valence-corrected chi connectivity index (χ3v) is 5.66. The van der Waals surface area contributed by atoms with E-state index in [2.05, 4.69) is 5.10 Å². The van der Waals surface area contributed by atoms with E-state index in [-0.39, 0.29) is 31.8 Å². The Kier molecular flexibility index (Phi) is 5.06. The number of aliphatic hydroxyl groups is 1. The SMILES string of the molecule is Cc1nn(C)c(C(=O)N2CC[C@](Cc3ccccc3)(C(=O)O)[C@H](O)C2)c1C. The second-order valence-electron chi connectivity index (χ2n) is 7.32. The number of carboxylic acid groups (broad SMARTS) is 1. The van der Waals surface area contributed by atoms with E-state index in [9.17, 15) is 19.8 Å². The van der Waals surface area contributed by atoms with Gasteiger partial charge in [-0.3, -0.25) is 14.3 Å². The van der Waals surface area contributed by atoms with Gasteiger partial charge in [-0.15, -0.1) is 0 Å². The molecule has 1 amide bonds. The Morgan fingerprint density at radius 3 is 2.44 bits per heavy atom. The molecule has 2 aromatic rings. The first kappa shape index (κ1) is 19.1. The second kappa shape index (κ2) is 7.15. The molecule has 0 saturated carbocycles. The number of likely N-dealkylation sites (tertiary alicyclic amines) is 1. The molecule has 3 rings (SSSR count). The van der Waals surface area contributed by atoms with Crippen LogP contribution in [0.1, 0.15) is 33.7 Å². The number of hydrogen-bond donors (Lipinski definition) is 2. The van der Waals surface area contributed by atoms with Crippen molar-refractivity contribution in [2.45, 2.75) is 32.8 Å². The minimum atomic E-state index is -1.30. The summed E-state index contributed by atoms with van der Waals surface area (Å²) in [5.41, 5.74) is 1.62.